The molecular weight excluding hydrogens is 578 g/mol. The number of alkyl halides is 9. The summed E-state index contributed by atoms with van der Waals surface area (Å²) in [7, 11) is 0.784. The summed E-state index contributed by atoms with van der Waals surface area (Å²) in [5.74, 6) is -5.16. The number of ether oxygens (including phenoxy) is 3. The SMILES string of the molecule is CCOC(=O)[C@@](O)(c1ccc(NC(=O)NC(Oc2ccc(F)cc2)(C(F)(F)F)C(F)(F)F)c(OC)c1)C(F)(F)F. The number of anilines is 1. The van der Waals surface area contributed by atoms with E-state index in [0.717, 1.165) is 14.0 Å². The number of carbonyl (C=O) groups is 2. The zero-order chi connectivity index (χ0) is 30.7. The van der Waals surface area contributed by atoms with Crippen LogP contribution in [-0.2, 0) is 15.1 Å². The first-order chi connectivity index (χ1) is 18.2. The van der Waals surface area contributed by atoms with Crippen molar-refractivity contribution in [3.8, 4) is 11.5 Å². The molecule has 40 heavy (non-hydrogen) atoms. The fraction of sp³-hybridized carbons (Fsp3) is 0.364. The van der Waals surface area contributed by atoms with Gasteiger partial charge in [0, 0.05) is 5.56 Å². The Bertz CT molecular complexity index is 1200. The molecule has 222 valence electrons. The molecule has 2 aromatic carbocycles. The lowest BCUT2D eigenvalue weighted by Gasteiger charge is -2.37. The lowest BCUT2D eigenvalue weighted by atomic mass is 9.92. The van der Waals surface area contributed by atoms with Crippen molar-refractivity contribution >= 4 is 17.7 Å². The number of esters is 1. The van der Waals surface area contributed by atoms with Crippen LogP contribution in [0.3, 0.4) is 0 Å². The van der Waals surface area contributed by atoms with E-state index in [2.05, 4.69) is 9.47 Å². The number of hydrogen-bond acceptors (Lipinski definition) is 6. The second-order valence-electron chi connectivity index (χ2n) is 7.66. The molecule has 0 aliphatic heterocycles. The molecular formula is C22H18F10N2O6. The third-order valence-corrected chi connectivity index (χ3v) is 5.02. The van der Waals surface area contributed by atoms with Crippen LogP contribution in [0.2, 0.25) is 0 Å². The van der Waals surface area contributed by atoms with E-state index in [4.69, 9.17) is 4.74 Å². The Labute approximate surface area is 217 Å². The molecule has 18 heteroatoms. The van der Waals surface area contributed by atoms with Crippen LogP contribution < -0.4 is 20.1 Å². The quantitative estimate of drug-likeness (QED) is 0.221. The van der Waals surface area contributed by atoms with E-state index in [1.807, 2.05) is 0 Å². The van der Waals surface area contributed by atoms with Crippen LogP contribution >= 0.6 is 0 Å². The minimum Gasteiger partial charge on any atom is -0.495 e. The monoisotopic (exact) mass is 596 g/mol. The largest absolute Gasteiger partial charge is 0.495 e. The van der Waals surface area contributed by atoms with Crippen LogP contribution in [0, 0.1) is 5.82 Å². The maximum absolute atomic E-state index is 13.8. The molecule has 0 aliphatic rings. The first-order valence-electron chi connectivity index (χ1n) is 10.6. The summed E-state index contributed by atoms with van der Waals surface area (Å²) >= 11 is 0. The molecule has 8 nitrogen and oxygen atoms in total. The standard InChI is InChI=1S/C22H18F10N2O6/c1-3-39-16(35)18(37,20(24,25)26)11-4-9-14(15(10-11)38-2)33-17(36)34-19(21(27,28)29,22(30,31)32)40-13-7-5-12(23)6-8-13/h4-10,37H,3H2,1-2H3,(H2,33,34,36)/t18-/m0/s1. The van der Waals surface area contributed by atoms with Gasteiger partial charge < -0.3 is 24.6 Å². The van der Waals surface area contributed by atoms with Crippen molar-refractivity contribution in [3.05, 3.63) is 53.8 Å². The van der Waals surface area contributed by atoms with Gasteiger partial charge in [0.25, 0.3) is 5.60 Å². The maximum Gasteiger partial charge on any atom is 0.458 e. The number of carbonyl (C=O) groups excluding carboxylic acids is 2. The van der Waals surface area contributed by atoms with Crippen molar-refractivity contribution in [2.24, 2.45) is 0 Å². The molecule has 0 radical (unpaired) electrons. The van der Waals surface area contributed by atoms with E-state index in [1.165, 1.54) is 5.32 Å². The van der Waals surface area contributed by atoms with Crippen molar-refractivity contribution in [2.45, 2.75) is 36.8 Å². The van der Waals surface area contributed by atoms with Gasteiger partial charge >= 0.3 is 36.3 Å². The molecule has 2 rings (SSSR count). The molecule has 0 spiro atoms. The van der Waals surface area contributed by atoms with Crippen molar-refractivity contribution in [1.82, 2.24) is 5.32 Å². The molecule has 0 bridgehead atoms. The Hall–Kier alpha value is -3.96. The van der Waals surface area contributed by atoms with E-state index >= 15 is 0 Å². The smallest absolute Gasteiger partial charge is 0.458 e. The Morgan fingerprint density at radius 3 is 1.88 bits per heavy atom. The van der Waals surface area contributed by atoms with Crippen molar-refractivity contribution in [1.29, 1.82) is 0 Å². The van der Waals surface area contributed by atoms with Gasteiger partial charge in [-0.05, 0) is 43.3 Å². The molecule has 0 fully saturated rings. The number of amides is 2. The van der Waals surface area contributed by atoms with Gasteiger partial charge in [-0.15, -0.1) is 0 Å². The van der Waals surface area contributed by atoms with Crippen LogP contribution in [0.15, 0.2) is 42.5 Å². The molecule has 0 unspecified atom stereocenters. The molecule has 0 saturated carbocycles. The zero-order valence-corrected chi connectivity index (χ0v) is 20.0. The Morgan fingerprint density at radius 2 is 1.43 bits per heavy atom. The third-order valence-electron chi connectivity index (χ3n) is 5.02. The lowest BCUT2D eigenvalue weighted by Crippen LogP contribution is -2.71. The van der Waals surface area contributed by atoms with Gasteiger partial charge in [0.15, 0.2) is 0 Å². The first kappa shape index (κ1) is 32.3. The predicted octanol–water partition coefficient (Wildman–Crippen LogP) is 5.17. The minimum absolute atomic E-state index is 0.343. The molecule has 2 amide bonds. The molecule has 0 aliphatic carbocycles. The summed E-state index contributed by atoms with van der Waals surface area (Å²) in [5, 5.41) is 12.3. The topological polar surface area (TPSA) is 106 Å². The lowest BCUT2D eigenvalue weighted by molar-refractivity contribution is -0.364. The van der Waals surface area contributed by atoms with Gasteiger partial charge in [-0.2, -0.15) is 39.5 Å². The fourth-order valence-corrected chi connectivity index (χ4v) is 3.09. The summed E-state index contributed by atoms with van der Waals surface area (Å²) in [6.45, 7) is 0.566. The number of rotatable bonds is 8. The van der Waals surface area contributed by atoms with Crippen LogP contribution in [0.4, 0.5) is 54.4 Å². The van der Waals surface area contributed by atoms with E-state index in [1.54, 1.807) is 0 Å². The first-order valence-corrected chi connectivity index (χ1v) is 10.6. The number of benzene rings is 2. The van der Waals surface area contributed by atoms with Crippen LogP contribution in [0.1, 0.15) is 12.5 Å². The highest BCUT2D eigenvalue weighted by molar-refractivity contribution is 5.92. The number of halogens is 10. The van der Waals surface area contributed by atoms with E-state index in [-0.39, 0.29) is 0 Å². The van der Waals surface area contributed by atoms with Crippen LogP contribution in [0.5, 0.6) is 11.5 Å². The number of aliphatic hydroxyl groups is 1. The third kappa shape index (κ3) is 6.26. The summed E-state index contributed by atoms with van der Waals surface area (Å²) < 4.78 is 149. The summed E-state index contributed by atoms with van der Waals surface area (Å²) in [6.07, 6.45) is -18.4. The van der Waals surface area contributed by atoms with E-state index < -0.39 is 77.0 Å². The highest BCUT2D eigenvalue weighted by Crippen LogP contribution is 2.45. The summed E-state index contributed by atoms with van der Waals surface area (Å²) in [5.41, 5.74) is -11.7. The second-order valence-corrected chi connectivity index (χ2v) is 7.66. The van der Waals surface area contributed by atoms with Crippen molar-refractivity contribution in [3.63, 3.8) is 0 Å². The molecule has 0 aromatic heterocycles. The van der Waals surface area contributed by atoms with Gasteiger partial charge in [-0.25, -0.2) is 14.0 Å². The van der Waals surface area contributed by atoms with E-state index in [9.17, 15) is 58.6 Å². The van der Waals surface area contributed by atoms with Crippen LogP contribution in [0.25, 0.3) is 0 Å². The van der Waals surface area contributed by atoms with Gasteiger partial charge in [0.1, 0.15) is 17.3 Å². The Balaban J connectivity index is 2.50. The summed E-state index contributed by atoms with van der Waals surface area (Å²) in [4.78, 5) is 24.3. The highest BCUT2D eigenvalue weighted by atomic mass is 19.4. The molecule has 0 heterocycles. The number of nitrogens with one attached hydrogen (secondary N) is 2. The Morgan fingerprint density at radius 1 is 0.875 bits per heavy atom. The molecule has 0 saturated heterocycles. The molecule has 2 aromatic rings. The molecule has 3 N–H and O–H groups in total. The number of methoxy groups -OCH3 is 1. The Kier molecular flexibility index (Phi) is 9.08. The maximum atomic E-state index is 13.8. The van der Waals surface area contributed by atoms with Crippen molar-refractivity contribution < 1.29 is 72.8 Å². The predicted molar refractivity (Wildman–Crippen MR) is 114 cm³/mol. The fourth-order valence-electron chi connectivity index (χ4n) is 3.09. The number of urea groups is 1. The van der Waals surface area contributed by atoms with Gasteiger partial charge in [-0.3, -0.25) is 5.32 Å². The van der Waals surface area contributed by atoms with Crippen LogP contribution in [-0.4, -0.2) is 55.1 Å². The molecule has 1 atom stereocenters. The minimum atomic E-state index is -6.37. The zero-order valence-electron chi connectivity index (χ0n) is 20.0. The second kappa shape index (κ2) is 11.3. The average Bonchev–Trinajstić information content (AvgIpc) is 2.82. The van der Waals surface area contributed by atoms with Crippen molar-refractivity contribution in [2.75, 3.05) is 19.0 Å². The normalized spacial score (nSPS) is 14.1. The van der Waals surface area contributed by atoms with E-state index in [0.29, 0.717) is 47.8 Å². The summed E-state index contributed by atoms with van der Waals surface area (Å²) in [6, 6.07) is 0.804. The van der Waals surface area contributed by atoms with Gasteiger partial charge in [0.05, 0.1) is 19.4 Å². The highest BCUT2D eigenvalue weighted by Gasteiger charge is 2.75. The number of hydrogen-bond donors (Lipinski definition) is 3. The van der Waals surface area contributed by atoms with Gasteiger partial charge in [-0.1, -0.05) is 6.07 Å². The van der Waals surface area contributed by atoms with Gasteiger partial charge in [0.2, 0.25) is 0 Å². The average molecular weight is 596 g/mol.